The van der Waals surface area contributed by atoms with Crippen LogP contribution in [-0.2, 0) is 4.79 Å². The summed E-state index contributed by atoms with van der Waals surface area (Å²) in [5.74, 6) is 1.07. The van der Waals surface area contributed by atoms with Gasteiger partial charge in [-0.3, -0.25) is 4.79 Å². The Hall–Kier alpha value is -0.610. The van der Waals surface area contributed by atoms with E-state index in [1.165, 1.54) is 0 Å². The molecule has 2 aliphatic rings. The second-order valence-electron chi connectivity index (χ2n) is 6.44. The second-order valence-corrected chi connectivity index (χ2v) is 6.44. The van der Waals surface area contributed by atoms with Crippen molar-refractivity contribution in [3.63, 3.8) is 0 Å². The van der Waals surface area contributed by atoms with Gasteiger partial charge in [-0.15, -0.1) is 0 Å². The second kappa shape index (κ2) is 5.57. The summed E-state index contributed by atoms with van der Waals surface area (Å²) in [5.41, 5.74) is 6.06. The minimum atomic E-state index is 0.150. The lowest BCUT2D eigenvalue weighted by molar-refractivity contribution is -0.124. The molecule has 2 atom stereocenters. The zero-order valence-electron chi connectivity index (χ0n) is 11.7. The third kappa shape index (κ3) is 3.04. The van der Waals surface area contributed by atoms with Crippen molar-refractivity contribution >= 4 is 5.91 Å². The molecule has 0 bridgehead atoms. The lowest BCUT2D eigenvalue weighted by Crippen LogP contribution is -2.43. The molecule has 1 spiro atoms. The fraction of sp³-hybridized carbons (Fsp3) is 0.929. The van der Waals surface area contributed by atoms with E-state index in [4.69, 9.17) is 5.73 Å². The number of hydrogen-bond donors (Lipinski definition) is 3. The van der Waals surface area contributed by atoms with Gasteiger partial charge in [-0.05, 0) is 50.1 Å². The summed E-state index contributed by atoms with van der Waals surface area (Å²) in [4.78, 5) is 12.2. The number of carbonyl (C=O) groups is 1. The standard InChI is InChI=1S/C14H27N3O/c1-10(2)7-11(9-15)17-13(18)12-8-14(12)3-5-16-6-4-14/h10-12,16H,3-9,15H2,1-2H3,(H,17,18). The molecule has 1 aliphatic heterocycles. The molecule has 2 rings (SSSR count). The molecular weight excluding hydrogens is 226 g/mol. The first kappa shape index (κ1) is 13.8. The Morgan fingerprint density at radius 3 is 2.67 bits per heavy atom. The van der Waals surface area contributed by atoms with Gasteiger partial charge < -0.3 is 16.4 Å². The summed E-state index contributed by atoms with van der Waals surface area (Å²) in [7, 11) is 0. The topological polar surface area (TPSA) is 67.1 Å². The Bertz CT molecular complexity index is 297. The van der Waals surface area contributed by atoms with E-state index in [9.17, 15) is 4.79 Å². The highest BCUT2D eigenvalue weighted by Gasteiger charge is 2.57. The Morgan fingerprint density at radius 1 is 1.44 bits per heavy atom. The van der Waals surface area contributed by atoms with Gasteiger partial charge in [0.05, 0.1) is 0 Å². The highest BCUT2D eigenvalue weighted by molar-refractivity contribution is 5.82. The van der Waals surface area contributed by atoms with Crippen molar-refractivity contribution in [3.8, 4) is 0 Å². The number of nitrogens with two attached hydrogens (primary N) is 1. The summed E-state index contributed by atoms with van der Waals surface area (Å²) < 4.78 is 0. The van der Waals surface area contributed by atoms with Gasteiger partial charge in [0.15, 0.2) is 0 Å². The average Bonchev–Trinajstić information content (AvgIpc) is 3.02. The third-order valence-electron chi connectivity index (χ3n) is 4.49. The van der Waals surface area contributed by atoms with Crippen LogP contribution in [0.5, 0.6) is 0 Å². The summed E-state index contributed by atoms with van der Waals surface area (Å²) in [6.45, 7) is 7.01. The first-order valence-corrected chi connectivity index (χ1v) is 7.28. The van der Waals surface area contributed by atoms with Crippen molar-refractivity contribution < 1.29 is 4.79 Å². The molecule has 4 N–H and O–H groups in total. The van der Waals surface area contributed by atoms with E-state index >= 15 is 0 Å². The third-order valence-corrected chi connectivity index (χ3v) is 4.49. The maximum absolute atomic E-state index is 12.2. The van der Waals surface area contributed by atoms with Gasteiger partial charge in [0.25, 0.3) is 0 Å². The van der Waals surface area contributed by atoms with Crippen LogP contribution >= 0.6 is 0 Å². The van der Waals surface area contributed by atoms with Crippen molar-refractivity contribution in [2.45, 2.75) is 45.6 Å². The summed E-state index contributed by atoms with van der Waals surface area (Å²) in [5, 5.41) is 6.51. The zero-order chi connectivity index (χ0) is 13.2. The number of hydrogen-bond acceptors (Lipinski definition) is 3. The summed E-state index contributed by atoms with van der Waals surface area (Å²) >= 11 is 0. The van der Waals surface area contributed by atoms with E-state index in [1.54, 1.807) is 0 Å². The Labute approximate surface area is 110 Å². The van der Waals surface area contributed by atoms with Crippen LogP contribution in [0.3, 0.4) is 0 Å². The van der Waals surface area contributed by atoms with Gasteiger partial charge in [0, 0.05) is 18.5 Å². The van der Waals surface area contributed by atoms with Crippen molar-refractivity contribution in [2.24, 2.45) is 23.0 Å². The van der Waals surface area contributed by atoms with Crippen molar-refractivity contribution in [2.75, 3.05) is 19.6 Å². The van der Waals surface area contributed by atoms with Gasteiger partial charge in [0.2, 0.25) is 5.91 Å². The molecule has 4 heteroatoms. The lowest BCUT2D eigenvalue weighted by atomic mass is 9.91. The highest BCUT2D eigenvalue weighted by atomic mass is 16.2. The molecule has 1 saturated carbocycles. The fourth-order valence-electron chi connectivity index (χ4n) is 3.28. The van der Waals surface area contributed by atoms with E-state index < -0.39 is 0 Å². The van der Waals surface area contributed by atoms with Crippen LogP contribution in [0.4, 0.5) is 0 Å². The molecule has 0 radical (unpaired) electrons. The van der Waals surface area contributed by atoms with E-state index in [0.29, 0.717) is 17.9 Å². The monoisotopic (exact) mass is 253 g/mol. The zero-order valence-corrected chi connectivity index (χ0v) is 11.7. The highest BCUT2D eigenvalue weighted by Crippen LogP contribution is 2.58. The number of piperidine rings is 1. The molecular formula is C14H27N3O. The predicted octanol–water partition coefficient (Wildman–Crippen LogP) is 0.866. The molecule has 1 amide bonds. The quantitative estimate of drug-likeness (QED) is 0.681. The number of carbonyl (C=O) groups excluding carboxylic acids is 1. The van der Waals surface area contributed by atoms with Crippen LogP contribution in [0.25, 0.3) is 0 Å². The molecule has 0 aromatic rings. The van der Waals surface area contributed by atoms with Gasteiger partial charge in [-0.25, -0.2) is 0 Å². The lowest BCUT2D eigenvalue weighted by Gasteiger charge is -2.24. The average molecular weight is 253 g/mol. The maximum Gasteiger partial charge on any atom is 0.223 e. The Morgan fingerprint density at radius 2 is 2.11 bits per heavy atom. The van der Waals surface area contributed by atoms with Gasteiger partial charge >= 0.3 is 0 Å². The summed E-state index contributed by atoms with van der Waals surface area (Å²) in [6.07, 6.45) is 4.37. The molecule has 1 heterocycles. The molecule has 0 aromatic heterocycles. The van der Waals surface area contributed by atoms with Crippen LogP contribution in [0.2, 0.25) is 0 Å². The van der Waals surface area contributed by atoms with Crippen LogP contribution in [0.15, 0.2) is 0 Å². The normalized spacial score (nSPS) is 27.2. The Balaban J connectivity index is 1.81. The fourth-order valence-corrected chi connectivity index (χ4v) is 3.28. The van der Waals surface area contributed by atoms with Crippen molar-refractivity contribution in [3.05, 3.63) is 0 Å². The molecule has 4 nitrogen and oxygen atoms in total. The first-order chi connectivity index (χ1) is 8.57. The molecule has 18 heavy (non-hydrogen) atoms. The van der Waals surface area contributed by atoms with Crippen molar-refractivity contribution in [1.82, 2.24) is 10.6 Å². The van der Waals surface area contributed by atoms with Crippen LogP contribution in [0.1, 0.15) is 39.5 Å². The van der Waals surface area contributed by atoms with E-state index in [0.717, 1.165) is 38.8 Å². The number of nitrogens with one attached hydrogen (secondary N) is 2. The SMILES string of the molecule is CC(C)CC(CN)NC(=O)C1CC12CCNCC2. The van der Waals surface area contributed by atoms with Crippen LogP contribution < -0.4 is 16.4 Å². The molecule has 2 fully saturated rings. The Kier molecular flexibility index (Phi) is 4.28. The molecule has 2 unspecified atom stereocenters. The van der Waals surface area contributed by atoms with Gasteiger partial charge in [0.1, 0.15) is 0 Å². The van der Waals surface area contributed by atoms with Gasteiger partial charge in [-0.2, -0.15) is 0 Å². The van der Waals surface area contributed by atoms with Crippen molar-refractivity contribution in [1.29, 1.82) is 0 Å². The minimum absolute atomic E-state index is 0.150. The van der Waals surface area contributed by atoms with Crippen LogP contribution in [0, 0.1) is 17.3 Å². The minimum Gasteiger partial charge on any atom is -0.352 e. The van der Waals surface area contributed by atoms with E-state index in [-0.39, 0.29) is 17.9 Å². The van der Waals surface area contributed by atoms with Gasteiger partial charge in [-0.1, -0.05) is 13.8 Å². The van der Waals surface area contributed by atoms with E-state index in [2.05, 4.69) is 24.5 Å². The first-order valence-electron chi connectivity index (χ1n) is 7.28. The maximum atomic E-state index is 12.2. The molecule has 1 aliphatic carbocycles. The number of amides is 1. The molecule has 0 aromatic carbocycles. The molecule has 1 saturated heterocycles. The van der Waals surface area contributed by atoms with E-state index in [1.807, 2.05) is 0 Å². The van der Waals surface area contributed by atoms with Crippen LogP contribution in [-0.4, -0.2) is 31.6 Å². The predicted molar refractivity (Wildman–Crippen MR) is 73.1 cm³/mol. The molecule has 104 valence electrons. The smallest absolute Gasteiger partial charge is 0.223 e. The largest absolute Gasteiger partial charge is 0.352 e. The summed E-state index contributed by atoms with van der Waals surface area (Å²) in [6, 6.07) is 0.150. The number of rotatable bonds is 5.